The lowest BCUT2D eigenvalue weighted by atomic mass is 9.82. The summed E-state index contributed by atoms with van der Waals surface area (Å²) in [6.07, 6.45) is 5.67. The van der Waals surface area contributed by atoms with Gasteiger partial charge in [-0.3, -0.25) is 4.79 Å². The lowest BCUT2D eigenvalue weighted by Gasteiger charge is -2.23. The van der Waals surface area contributed by atoms with Crippen molar-refractivity contribution >= 4 is 5.78 Å². The highest BCUT2D eigenvalue weighted by Gasteiger charge is 2.27. The van der Waals surface area contributed by atoms with Crippen LogP contribution in [0.1, 0.15) is 28.2 Å². The molecule has 3 nitrogen and oxygen atoms in total. The minimum atomic E-state index is 0.0906. The molecule has 0 amide bonds. The van der Waals surface area contributed by atoms with Crippen molar-refractivity contribution < 1.29 is 4.79 Å². The van der Waals surface area contributed by atoms with Crippen LogP contribution < -0.4 is 0 Å². The van der Waals surface area contributed by atoms with Crippen LogP contribution >= 0.6 is 0 Å². The number of ketones is 1. The van der Waals surface area contributed by atoms with Crippen molar-refractivity contribution in [2.45, 2.75) is 26.3 Å². The van der Waals surface area contributed by atoms with Crippen LogP contribution in [0.4, 0.5) is 0 Å². The molecule has 3 heteroatoms. The average Bonchev–Trinajstić information content (AvgIpc) is 2.79. The molecule has 1 aliphatic carbocycles. The Bertz CT molecular complexity index is 586. The monoisotopic (exact) mass is 240 g/mol. The van der Waals surface area contributed by atoms with Crippen LogP contribution in [-0.2, 0) is 13.0 Å². The summed E-state index contributed by atoms with van der Waals surface area (Å²) >= 11 is 0. The molecule has 0 aliphatic heterocycles. The zero-order valence-corrected chi connectivity index (χ0v) is 10.5. The van der Waals surface area contributed by atoms with Gasteiger partial charge in [-0.25, -0.2) is 4.98 Å². The van der Waals surface area contributed by atoms with Gasteiger partial charge in [0.25, 0.3) is 0 Å². The third-order valence-corrected chi connectivity index (χ3v) is 3.76. The van der Waals surface area contributed by atoms with E-state index in [0.717, 1.165) is 30.8 Å². The smallest absolute Gasteiger partial charge is 0.168 e. The second-order valence-corrected chi connectivity index (χ2v) is 4.88. The molecule has 2 aromatic rings. The Morgan fingerprint density at radius 3 is 3.00 bits per heavy atom. The molecule has 1 aromatic carbocycles. The van der Waals surface area contributed by atoms with Gasteiger partial charge in [0.15, 0.2) is 5.78 Å². The molecule has 1 unspecified atom stereocenters. The van der Waals surface area contributed by atoms with E-state index in [-0.39, 0.29) is 11.7 Å². The molecule has 0 saturated carbocycles. The van der Waals surface area contributed by atoms with Crippen LogP contribution in [0.5, 0.6) is 0 Å². The van der Waals surface area contributed by atoms with E-state index in [9.17, 15) is 4.79 Å². The lowest BCUT2D eigenvalue weighted by molar-refractivity contribution is 0.0887. The minimum absolute atomic E-state index is 0.0906. The Balaban J connectivity index is 1.85. The van der Waals surface area contributed by atoms with Crippen molar-refractivity contribution in [2.24, 2.45) is 5.92 Å². The third kappa shape index (κ3) is 1.86. The van der Waals surface area contributed by atoms with E-state index < -0.39 is 0 Å². The van der Waals surface area contributed by atoms with Crippen LogP contribution in [0.15, 0.2) is 36.7 Å². The van der Waals surface area contributed by atoms with Gasteiger partial charge in [0.2, 0.25) is 0 Å². The van der Waals surface area contributed by atoms with E-state index >= 15 is 0 Å². The molecule has 3 rings (SSSR count). The topological polar surface area (TPSA) is 34.9 Å². The standard InChI is InChI=1S/C15H16N2O/c1-11-16-8-9-17(11)10-13-7-6-12-4-2-3-5-14(12)15(13)18/h2-5,8-9,13H,6-7,10H2,1H3. The summed E-state index contributed by atoms with van der Waals surface area (Å²) in [5.74, 6) is 1.35. The van der Waals surface area contributed by atoms with Crippen molar-refractivity contribution in [2.75, 3.05) is 0 Å². The molecular formula is C15H16N2O. The van der Waals surface area contributed by atoms with Crippen LogP contribution in [0.25, 0.3) is 0 Å². The molecule has 1 aromatic heterocycles. The Kier molecular flexibility index (Phi) is 2.74. The van der Waals surface area contributed by atoms with Gasteiger partial charge in [-0.15, -0.1) is 0 Å². The number of hydrogen-bond donors (Lipinski definition) is 0. The highest BCUT2D eigenvalue weighted by atomic mass is 16.1. The average molecular weight is 240 g/mol. The second-order valence-electron chi connectivity index (χ2n) is 4.88. The van der Waals surface area contributed by atoms with Gasteiger partial charge in [-0.1, -0.05) is 24.3 Å². The normalized spacial score (nSPS) is 18.7. The molecule has 18 heavy (non-hydrogen) atoms. The second kappa shape index (κ2) is 4.41. The lowest BCUT2D eigenvalue weighted by Crippen LogP contribution is -2.26. The van der Waals surface area contributed by atoms with Gasteiger partial charge < -0.3 is 4.57 Å². The van der Waals surface area contributed by atoms with Gasteiger partial charge in [-0.2, -0.15) is 0 Å². The van der Waals surface area contributed by atoms with Crippen molar-refractivity contribution in [3.63, 3.8) is 0 Å². The SMILES string of the molecule is Cc1nccn1CC1CCc2ccccc2C1=O. The highest BCUT2D eigenvalue weighted by Crippen LogP contribution is 2.26. The maximum Gasteiger partial charge on any atom is 0.168 e. The zero-order valence-electron chi connectivity index (χ0n) is 10.5. The summed E-state index contributed by atoms with van der Waals surface area (Å²) in [7, 11) is 0. The van der Waals surface area contributed by atoms with Gasteiger partial charge in [-0.05, 0) is 25.3 Å². The fourth-order valence-corrected chi connectivity index (χ4v) is 2.67. The van der Waals surface area contributed by atoms with Crippen LogP contribution in [0, 0.1) is 12.8 Å². The first-order valence-electron chi connectivity index (χ1n) is 6.35. The van der Waals surface area contributed by atoms with E-state index in [1.807, 2.05) is 31.3 Å². The van der Waals surface area contributed by atoms with Gasteiger partial charge >= 0.3 is 0 Å². The summed E-state index contributed by atoms with van der Waals surface area (Å²) in [4.78, 5) is 16.6. The Hall–Kier alpha value is -1.90. The van der Waals surface area contributed by atoms with Gasteiger partial charge in [0.05, 0.1) is 0 Å². The van der Waals surface area contributed by atoms with Gasteiger partial charge in [0, 0.05) is 30.4 Å². The van der Waals surface area contributed by atoms with E-state index in [1.54, 1.807) is 6.20 Å². The maximum atomic E-state index is 12.4. The summed E-state index contributed by atoms with van der Waals surface area (Å²) in [6, 6.07) is 7.96. The molecule has 1 heterocycles. The largest absolute Gasteiger partial charge is 0.334 e. The Morgan fingerprint density at radius 2 is 2.22 bits per heavy atom. The number of carbonyl (C=O) groups is 1. The zero-order chi connectivity index (χ0) is 12.5. The van der Waals surface area contributed by atoms with Gasteiger partial charge in [0.1, 0.15) is 5.82 Å². The fraction of sp³-hybridized carbons (Fsp3) is 0.333. The number of carbonyl (C=O) groups excluding carboxylic acids is 1. The van der Waals surface area contributed by atoms with E-state index in [2.05, 4.69) is 15.6 Å². The van der Waals surface area contributed by atoms with Crippen molar-refractivity contribution in [1.29, 1.82) is 0 Å². The van der Waals surface area contributed by atoms with E-state index in [1.165, 1.54) is 5.56 Å². The third-order valence-electron chi connectivity index (χ3n) is 3.76. The number of benzene rings is 1. The Morgan fingerprint density at radius 1 is 1.39 bits per heavy atom. The maximum absolute atomic E-state index is 12.4. The molecule has 0 saturated heterocycles. The molecule has 1 atom stereocenters. The van der Waals surface area contributed by atoms with Crippen LogP contribution in [0.3, 0.4) is 0 Å². The fourth-order valence-electron chi connectivity index (χ4n) is 2.67. The van der Waals surface area contributed by atoms with E-state index in [4.69, 9.17) is 0 Å². The summed E-state index contributed by atoms with van der Waals surface area (Å²) in [6.45, 7) is 2.72. The minimum Gasteiger partial charge on any atom is -0.334 e. The summed E-state index contributed by atoms with van der Waals surface area (Å²) in [5, 5.41) is 0. The predicted molar refractivity (Wildman–Crippen MR) is 69.5 cm³/mol. The number of Topliss-reactive ketones (excluding diaryl/α,β-unsaturated/α-hetero) is 1. The van der Waals surface area contributed by atoms with E-state index in [0.29, 0.717) is 0 Å². The number of fused-ring (bicyclic) bond motifs is 1. The number of hydrogen-bond acceptors (Lipinski definition) is 2. The quantitative estimate of drug-likeness (QED) is 0.808. The predicted octanol–water partition coefficient (Wildman–Crippen LogP) is 2.64. The van der Waals surface area contributed by atoms with Crippen LogP contribution in [-0.4, -0.2) is 15.3 Å². The molecule has 0 N–H and O–H groups in total. The number of nitrogens with zero attached hydrogens (tertiary/aromatic N) is 2. The molecule has 1 aliphatic rings. The molecule has 0 radical (unpaired) electrons. The van der Waals surface area contributed by atoms with Crippen LogP contribution in [0.2, 0.25) is 0 Å². The van der Waals surface area contributed by atoms with Crippen molar-refractivity contribution in [3.8, 4) is 0 Å². The summed E-state index contributed by atoms with van der Waals surface area (Å²) in [5.41, 5.74) is 2.10. The molecule has 0 fully saturated rings. The Labute approximate surface area is 106 Å². The van der Waals surface area contributed by atoms with Crippen molar-refractivity contribution in [1.82, 2.24) is 9.55 Å². The molecular weight excluding hydrogens is 224 g/mol. The first-order chi connectivity index (χ1) is 8.75. The number of rotatable bonds is 2. The molecule has 0 bridgehead atoms. The highest BCUT2D eigenvalue weighted by molar-refractivity contribution is 6.00. The van der Waals surface area contributed by atoms with Crippen molar-refractivity contribution in [3.05, 3.63) is 53.6 Å². The number of aromatic nitrogens is 2. The number of aryl methyl sites for hydroxylation is 2. The first-order valence-corrected chi connectivity index (χ1v) is 6.35. The molecule has 92 valence electrons. The number of imidazole rings is 1. The first kappa shape index (κ1) is 11.2. The summed E-state index contributed by atoms with van der Waals surface area (Å²) < 4.78 is 2.07. The molecule has 0 spiro atoms.